The van der Waals surface area contributed by atoms with E-state index in [0.29, 0.717) is 11.6 Å². The van der Waals surface area contributed by atoms with Crippen LogP contribution in [0.2, 0.25) is 5.02 Å². The van der Waals surface area contributed by atoms with E-state index in [4.69, 9.17) is 21.4 Å². The molecule has 3 aromatic rings. The molecule has 1 N–H and O–H groups in total. The van der Waals surface area contributed by atoms with Crippen LogP contribution in [0.1, 0.15) is 39.9 Å². The fourth-order valence-electron chi connectivity index (χ4n) is 5.84. The van der Waals surface area contributed by atoms with Gasteiger partial charge in [0.1, 0.15) is 0 Å². The average Bonchev–Trinajstić information content (AvgIpc) is 3.35. The molecule has 0 bridgehead atoms. The Labute approximate surface area is 244 Å². The van der Waals surface area contributed by atoms with Gasteiger partial charge in [-0.15, -0.1) is 0 Å². The molecule has 0 radical (unpaired) electrons. The highest BCUT2D eigenvalue weighted by Crippen LogP contribution is 2.32. The fourth-order valence-corrected chi connectivity index (χ4v) is 6.66. The summed E-state index contributed by atoms with van der Waals surface area (Å²) in [7, 11) is -1.03. The molecule has 4 heterocycles. The first-order valence-electron chi connectivity index (χ1n) is 14.2. The highest BCUT2D eigenvalue weighted by Gasteiger charge is 2.27. The Bertz CT molecular complexity index is 1470. The highest BCUT2D eigenvalue weighted by atomic mass is 35.5. The van der Waals surface area contributed by atoms with Crippen LogP contribution in [-0.2, 0) is 48.2 Å². The van der Waals surface area contributed by atoms with E-state index in [9.17, 15) is 4.21 Å². The predicted molar refractivity (Wildman–Crippen MR) is 161 cm³/mol. The second kappa shape index (κ2) is 12.6. The van der Waals surface area contributed by atoms with Gasteiger partial charge in [-0.05, 0) is 54.8 Å². The van der Waals surface area contributed by atoms with Crippen LogP contribution in [-0.4, -0.2) is 75.4 Å². The molecule has 3 aliphatic rings. The van der Waals surface area contributed by atoms with Gasteiger partial charge in [-0.25, -0.2) is 8.51 Å². The van der Waals surface area contributed by atoms with Crippen molar-refractivity contribution in [2.75, 3.05) is 52.2 Å². The van der Waals surface area contributed by atoms with Crippen molar-refractivity contribution in [1.29, 1.82) is 0 Å². The fraction of sp³-hybridized carbons (Fsp3) is 0.452. The number of ether oxygens (including phenoxy) is 1. The maximum atomic E-state index is 12.4. The van der Waals surface area contributed by atoms with Gasteiger partial charge in [-0.2, -0.15) is 5.10 Å². The normalized spacial score (nSPS) is 18.4. The van der Waals surface area contributed by atoms with Gasteiger partial charge in [-0.3, -0.25) is 9.58 Å². The Balaban J connectivity index is 1.28. The number of halogens is 1. The average molecular weight is 578 g/mol. The van der Waals surface area contributed by atoms with Crippen molar-refractivity contribution in [2.24, 2.45) is 0 Å². The smallest absolute Gasteiger partial charge is 0.0971 e. The van der Waals surface area contributed by atoms with Crippen molar-refractivity contribution < 1.29 is 8.95 Å². The van der Waals surface area contributed by atoms with E-state index < -0.39 is 11.0 Å². The lowest BCUT2D eigenvalue weighted by atomic mass is 9.98. The van der Waals surface area contributed by atoms with Crippen molar-refractivity contribution in [1.82, 2.24) is 24.3 Å². The molecule has 7 nitrogen and oxygen atoms in total. The summed E-state index contributed by atoms with van der Waals surface area (Å²) in [5.74, 6) is 6.65. The number of hydrogen-bond donors (Lipinski definition) is 1. The molecular formula is C31H36ClN5O2S. The summed E-state index contributed by atoms with van der Waals surface area (Å²) in [6.45, 7) is 8.85. The first-order valence-corrected chi connectivity index (χ1v) is 16.1. The zero-order valence-electron chi connectivity index (χ0n) is 23.0. The molecule has 0 aliphatic carbocycles. The summed E-state index contributed by atoms with van der Waals surface area (Å²) < 4.78 is 22.1. The number of rotatable bonds is 6. The lowest BCUT2D eigenvalue weighted by molar-refractivity contribution is 0.0368. The molecule has 1 atom stereocenters. The summed E-state index contributed by atoms with van der Waals surface area (Å²) in [6, 6.07) is 12.5. The maximum absolute atomic E-state index is 12.4. The number of fused-ring (bicyclic) bond motifs is 2. The molecular weight excluding hydrogens is 542 g/mol. The molecule has 1 aromatic heterocycles. The van der Waals surface area contributed by atoms with Crippen LogP contribution in [0.4, 0.5) is 0 Å². The molecule has 0 spiro atoms. The third kappa shape index (κ3) is 6.20. The summed E-state index contributed by atoms with van der Waals surface area (Å²) in [6.07, 6.45) is 4.69. The Kier molecular flexibility index (Phi) is 8.68. The van der Waals surface area contributed by atoms with E-state index in [1.165, 1.54) is 16.8 Å². The van der Waals surface area contributed by atoms with Gasteiger partial charge >= 0.3 is 0 Å². The molecule has 40 heavy (non-hydrogen) atoms. The van der Waals surface area contributed by atoms with Crippen LogP contribution in [0.25, 0.3) is 11.3 Å². The van der Waals surface area contributed by atoms with E-state index in [-0.39, 0.29) is 0 Å². The summed E-state index contributed by atoms with van der Waals surface area (Å²) in [5, 5.41) is 9.19. The van der Waals surface area contributed by atoms with Crippen molar-refractivity contribution in [3.63, 3.8) is 0 Å². The van der Waals surface area contributed by atoms with E-state index >= 15 is 0 Å². The van der Waals surface area contributed by atoms with Crippen LogP contribution in [0, 0.1) is 11.8 Å². The van der Waals surface area contributed by atoms with Crippen LogP contribution in [0.3, 0.4) is 0 Å². The predicted octanol–water partition coefficient (Wildman–Crippen LogP) is 3.62. The number of aromatic nitrogens is 2. The molecule has 0 saturated carbocycles. The number of nitrogens with one attached hydrogen (secondary N) is 1. The van der Waals surface area contributed by atoms with Gasteiger partial charge in [0.05, 0.1) is 34.9 Å². The van der Waals surface area contributed by atoms with E-state index in [1.54, 1.807) is 6.26 Å². The second-order valence-corrected chi connectivity index (χ2v) is 12.5. The van der Waals surface area contributed by atoms with E-state index in [2.05, 4.69) is 51.0 Å². The molecule has 6 rings (SSSR count). The summed E-state index contributed by atoms with van der Waals surface area (Å²) in [4.78, 5) is 2.46. The van der Waals surface area contributed by atoms with Crippen molar-refractivity contribution in [3.8, 4) is 23.1 Å². The van der Waals surface area contributed by atoms with Crippen LogP contribution in [0.5, 0.6) is 0 Å². The van der Waals surface area contributed by atoms with Crippen LogP contribution in [0.15, 0.2) is 36.4 Å². The molecule has 1 fully saturated rings. The van der Waals surface area contributed by atoms with Crippen molar-refractivity contribution in [2.45, 2.75) is 38.9 Å². The van der Waals surface area contributed by atoms with Gasteiger partial charge in [0.25, 0.3) is 0 Å². The number of nitrogens with zero attached hydrogens (tertiary/aromatic N) is 4. The number of hydrogen-bond acceptors (Lipinski definition) is 5. The summed E-state index contributed by atoms with van der Waals surface area (Å²) >= 11 is 6.62. The van der Waals surface area contributed by atoms with Gasteiger partial charge in [0, 0.05) is 86.4 Å². The number of benzene rings is 2. The zero-order valence-corrected chi connectivity index (χ0v) is 24.6. The minimum atomic E-state index is -1.03. The Morgan fingerprint density at radius 3 is 2.77 bits per heavy atom. The number of morpholine rings is 1. The topological polar surface area (TPSA) is 62.6 Å². The van der Waals surface area contributed by atoms with Crippen LogP contribution >= 0.6 is 11.6 Å². The lowest BCUT2D eigenvalue weighted by Gasteiger charge is -2.27. The third-order valence-corrected chi connectivity index (χ3v) is 9.45. The Morgan fingerprint density at radius 1 is 1.05 bits per heavy atom. The minimum absolute atomic E-state index is 0.629. The minimum Gasteiger partial charge on any atom is -0.379 e. The standard InChI is InChI=1S/C31H36ClN5O2S/c1-40(38)36-14-10-30-28(22-36)31(34-37(30)13-2-12-35-15-17-39-18-16-35)26-7-8-29(32)25(20-26)6-4-23-3-5-24-9-11-33-21-27(24)19-23/h3,5,7-8,19-20,33H,2,9-18,21-22H2,1H3. The van der Waals surface area contributed by atoms with Gasteiger partial charge in [-0.1, -0.05) is 35.6 Å². The van der Waals surface area contributed by atoms with E-state index in [0.717, 1.165) is 106 Å². The zero-order chi connectivity index (χ0) is 27.5. The number of aryl methyl sites for hydroxylation is 1. The molecule has 2 aromatic carbocycles. The molecule has 9 heteroatoms. The molecule has 1 unspecified atom stereocenters. The maximum Gasteiger partial charge on any atom is 0.0971 e. The van der Waals surface area contributed by atoms with Crippen LogP contribution < -0.4 is 5.32 Å². The molecule has 1 saturated heterocycles. The molecule has 0 amide bonds. The molecule has 3 aliphatic heterocycles. The summed E-state index contributed by atoms with van der Waals surface area (Å²) in [5.41, 5.74) is 8.86. The first-order chi connectivity index (χ1) is 19.5. The van der Waals surface area contributed by atoms with E-state index in [1.807, 2.05) is 16.4 Å². The van der Waals surface area contributed by atoms with Crippen molar-refractivity contribution >= 4 is 22.6 Å². The largest absolute Gasteiger partial charge is 0.379 e. The Morgan fingerprint density at radius 2 is 1.93 bits per heavy atom. The van der Waals surface area contributed by atoms with Gasteiger partial charge in [0.15, 0.2) is 0 Å². The molecule has 210 valence electrons. The van der Waals surface area contributed by atoms with Gasteiger partial charge < -0.3 is 10.1 Å². The lowest BCUT2D eigenvalue weighted by Crippen LogP contribution is -2.37. The Hall–Kier alpha value is -2.51. The monoisotopic (exact) mass is 577 g/mol. The van der Waals surface area contributed by atoms with Crippen molar-refractivity contribution in [3.05, 3.63) is 74.9 Å². The SMILES string of the molecule is CS(=O)N1CCc2c(c(-c3ccc(Cl)c(C#Cc4ccc5c(c4)CNCC5)c3)nn2CCCN2CCOCC2)C1. The second-order valence-electron chi connectivity index (χ2n) is 10.7. The van der Waals surface area contributed by atoms with Gasteiger partial charge in [0.2, 0.25) is 0 Å². The first kappa shape index (κ1) is 27.6. The highest BCUT2D eigenvalue weighted by molar-refractivity contribution is 7.81. The quantitative estimate of drug-likeness (QED) is 0.454. The third-order valence-electron chi connectivity index (χ3n) is 8.08.